The molecule has 1 aromatic carbocycles. The summed E-state index contributed by atoms with van der Waals surface area (Å²) in [6.45, 7) is 0.344. The van der Waals surface area contributed by atoms with Gasteiger partial charge in [0.05, 0.1) is 18.1 Å². The molecule has 1 rings (SSSR count). The molecule has 16 heavy (non-hydrogen) atoms. The molecule has 0 aliphatic heterocycles. The van der Waals surface area contributed by atoms with Gasteiger partial charge in [0.1, 0.15) is 6.61 Å². The van der Waals surface area contributed by atoms with E-state index < -0.39 is 16.4 Å². The number of nitro groups is 1. The van der Waals surface area contributed by atoms with E-state index in [4.69, 9.17) is 15.2 Å². The lowest BCUT2D eigenvalue weighted by atomic mass is 10.2. The summed E-state index contributed by atoms with van der Waals surface area (Å²) in [7, 11) is 1.26. The lowest BCUT2D eigenvalue weighted by Gasteiger charge is -2.08. The van der Waals surface area contributed by atoms with Crippen LogP contribution in [0.15, 0.2) is 12.1 Å². The van der Waals surface area contributed by atoms with Crippen molar-refractivity contribution in [3.63, 3.8) is 0 Å². The minimum Gasteiger partial charge on any atom is -0.490 e. The molecule has 0 heterocycles. The highest BCUT2D eigenvalue weighted by Crippen LogP contribution is 2.33. The van der Waals surface area contributed by atoms with Crippen molar-refractivity contribution in [2.24, 2.45) is 5.73 Å². The molecule has 88 valence electrons. The summed E-state index contributed by atoms with van der Waals surface area (Å²) >= 11 is 0. The van der Waals surface area contributed by atoms with E-state index in [1.165, 1.54) is 7.11 Å². The number of benzene rings is 1. The van der Waals surface area contributed by atoms with Gasteiger partial charge in [0.2, 0.25) is 5.75 Å². The first-order valence-electron chi connectivity index (χ1n) is 4.45. The quantitative estimate of drug-likeness (QED) is 0.604. The fraction of sp³-hybridized carbons (Fsp3) is 0.333. The Labute approximate surface area is 90.9 Å². The molecule has 0 spiro atoms. The minimum atomic E-state index is -0.819. The number of nitrogens with zero attached hydrogens (tertiary/aromatic N) is 1. The Balaban J connectivity index is 3.10. The van der Waals surface area contributed by atoms with Gasteiger partial charge < -0.3 is 15.2 Å². The number of halogens is 1. The molecule has 2 N–H and O–H groups in total. The molecule has 0 radical (unpaired) electrons. The summed E-state index contributed by atoms with van der Waals surface area (Å²) in [4.78, 5) is 9.83. The van der Waals surface area contributed by atoms with Gasteiger partial charge in [-0.1, -0.05) is 0 Å². The number of hydrogen-bond donors (Lipinski definition) is 1. The average molecular weight is 230 g/mol. The normalized spacial score (nSPS) is 9.94. The Bertz CT molecular complexity index is 397. The zero-order valence-corrected chi connectivity index (χ0v) is 8.60. The summed E-state index contributed by atoms with van der Waals surface area (Å²) in [5, 5.41) is 10.6. The lowest BCUT2D eigenvalue weighted by molar-refractivity contribution is -0.386. The van der Waals surface area contributed by atoms with Gasteiger partial charge >= 0.3 is 5.69 Å². The zero-order valence-electron chi connectivity index (χ0n) is 8.60. The zero-order chi connectivity index (χ0) is 12.1. The van der Waals surface area contributed by atoms with Crippen LogP contribution in [0.5, 0.6) is 11.5 Å². The molecule has 0 aliphatic carbocycles. The van der Waals surface area contributed by atoms with Crippen molar-refractivity contribution in [3.8, 4) is 11.5 Å². The van der Waals surface area contributed by atoms with Crippen LogP contribution >= 0.6 is 0 Å². The molecule has 1 aromatic rings. The Morgan fingerprint density at radius 3 is 2.69 bits per heavy atom. The predicted molar refractivity (Wildman–Crippen MR) is 54.2 cm³/mol. The van der Waals surface area contributed by atoms with E-state index in [-0.39, 0.29) is 24.7 Å². The first-order chi connectivity index (χ1) is 7.60. The van der Waals surface area contributed by atoms with Gasteiger partial charge in [-0.3, -0.25) is 10.1 Å². The summed E-state index contributed by atoms with van der Waals surface area (Å²) in [6.07, 6.45) is 0. The Hall–Kier alpha value is -1.89. The van der Waals surface area contributed by atoms with Crippen molar-refractivity contribution in [3.05, 3.63) is 28.1 Å². The maximum Gasteiger partial charge on any atom is 0.314 e. The van der Waals surface area contributed by atoms with Crippen LogP contribution < -0.4 is 15.2 Å². The van der Waals surface area contributed by atoms with E-state index in [2.05, 4.69) is 0 Å². The molecule has 6 nitrogen and oxygen atoms in total. The van der Waals surface area contributed by atoms with Gasteiger partial charge in [0.25, 0.3) is 0 Å². The third-order valence-electron chi connectivity index (χ3n) is 1.81. The molecule has 0 bridgehead atoms. The fourth-order valence-corrected chi connectivity index (χ4v) is 1.11. The van der Waals surface area contributed by atoms with Gasteiger partial charge in [0, 0.05) is 12.6 Å². The van der Waals surface area contributed by atoms with Gasteiger partial charge in [-0.2, -0.15) is 0 Å². The van der Waals surface area contributed by atoms with Crippen LogP contribution in [0.1, 0.15) is 0 Å². The minimum absolute atomic E-state index is 0.0570. The third-order valence-corrected chi connectivity index (χ3v) is 1.81. The van der Waals surface area contributed by atoms with E-state index in [1.807, 2.05) is 0 Å². The molecule has 0 unspecified atom stereocenters. The van der Waals surface area contributed by atoms with Gasteiger partial charge in [-0.15, -0.1) is 0 Å². The molecule has 0 atom stereocenters. The monoisotopic (exact) mass is 230 g/mol. The van der Waals surface area contributed by atoms with Crippen LogP contribution in [-0.2, 0) is 0 Å². The van der Waals surface area contributed by atoms with Gasteiger partial charge in [-0.25, -0.2) is 4.39 Å². The van der Waals surface area contributed by atoms with Crippen LogP contribution in [0.2, 0.25) is 0 Å². The number of hydrogen-bond acceptors (Lipinski definition) is 5. The predicted octanol–water partition coefficient (Wildman–Crippen LogP) is 1.08. The first kappa shape index (κ1) is 12.2. The highest BCUT2D eigenvalue weighted by atomic mass is 19.1. The van der Waals surface area contributed by atoms with E-state index in [0.29, 0.717) is 0 Å². The van der Waals surface area contributed by atoms with Crippen molar-refractivity contribution in [2.75, 3.05) is 20.3 Å². The number of nitro benzene ring substituents is 1. The molecule has 0 amide bonds. The molecule has 0 aromatic heterocycles. The molecule has 0 fully saturated rings. The van der Waals surface area contributed by atoms with E-state index in [1.54, 1.807) is 0 Å². The Morgan fingerprint density at radius 1 is 1.50 bits per heavy atom. The molecule has 7 heteroatoms. The van der Waals surface area contributed by atoms with E-state index in [0.717, 1.165) is 12.1 Å². The number of rotatable bonds is 5. The van der Waals surface area contributed by atoms with Crippen LogP contribution in [0.4, 0.5) is 10.1 Å². The Kier molecular flexibility index (Phi) is 4.01. The topological polar surface area (TPSA) is 87.6 Å². The SMILES string of the molecule is COc1cc(OCCN)c(F)cc1[N+](=O)[O-]. The highest BCUT2D eigenvalue weighted by molar-refractivity contribution is 5.51. The van der Waals surface area contributed by atoms with Crippen LogP contribution in [0, 0.1) is 15.9 Å². The maximum absolute atomic E-state index is 13.3. The van der Waals surface area contributed by atoms with Crippen LogP contribution in [0.25, 0.3) is 0 Å². The molecule has 0 saturated carbocycles. The number of methoxy groups -OCH3 is 1. The molecular weight excluding hydrogens is 219 g/mol. The van der Waals surface area contributed by atoms with Crippen molar-refractivity contribution in [2.45, 2.75) is 0 Å². The molecule has 0 saturated heterocycles. The maximum atomic E-state index is 13.3. The second kappa shape index (κ2) is 5.26. The average Bonchev–Trinajstić information content (AvgIpc) is 2.26. The van der Waals surface area contributed by atoms with Crippen molar-refractivity contribution in [1.29, 1.82) is 0 Å². The van der Waals surface area contributed by atoms with Gasteiger partial charge in [-0.05, 0) is 0 Å². The highest BCUT2D eigenvalue weighted by Gasteiger charge is 2.19. The van der Waals surface area contributed by atoms with Crippen molar-refractivity contribution in [1.82, 2.24) is 0 Å². The summed E-state index contributed by atoms with van der Waals surface area (Å²) in [5.74, 6) is -0.993. The fourth-order valence-electron chi connectivity index (χ4n) is 1.11. The second-order valence-corrected chi connectivity index (χ2v) is 2.85. The number of ether oxygens (including phenoxy) is 2. The van der Waals surface area contributed by atoms with Crippen LogP contribution in [0.3, 0.4) is 0 Å². The van der Waals surface area contributed by atoms with E-state index in [9.17, 15) is 14.5 Å². The second-order valence-electron chi connectivity index (χ2n) is 2.85. The largest absolute Gasteiger partial charge is 0.490 e. The summed E-state index contributed by atoms with van der Waals surface area (Å²) in [5.41, 5.74) is 4.74. The summed E-state index contributed by atoms with van der Waals surface area (Å²) < 4.78 is 23.0. The molecular formula is C9H11FN2O4. The third kappa shape index (κ3) is 2.57. The van der Waals surface area contributed by atoms with Gasteiger partial charge in [0.15, 0.2) is 11.6 Å². The van der Waals surface area contributed by atoms with Crippen molar-refractivity contribution >= 4 is 5.69 Å². The summed E-state index contributed by atoms with van der Waals surface area (Å²) in [6, 6.07) is 1.88. The number of nitrogens with two attached hydrogens (primary N) is 1. The van der Waals surface area contributed by atoms with E-state index >= 15 is 0 Å². The first-order valence-corrected chi connectivity index (χ1v) is 4.45. The van der Waals surface area contributed by atoms with Crippen molar-refractivity contribution < 1.29 is 18.8 Å². The Morgan fingerprint density at radius 2 is 2.19 bits per heavy atom. The lowest BCUT2D eigenvalue weighted by Crippen LogP contribution is -2.11. The smallest absolute Gasteiger partial charge is 0.314 e. The standard InChI is InChI=1S/C9H11FN2O4/c1-15-9-5-8(16-3-2-11)6(10)4-7(9)12(13)14/h4-5H,2-3,11H2,1H3. The van der Waals surface area contributed by atoms with Crippen LogP contribution in [-0.4, -0.2) is 25.2 Å². The molecule has 0 aliphatic rings.